The fourth-order valence-electron chi connectivity index (χ4n) is 8.47. The lowest BCUT2D eigenvalue weighted by Crippen LogP contribution is -2.42. The molecule has 12 nitrogen and oxygen atoms in total. The number of halogens is 1. The molecule has 0 unspecified atom stereocenters. The summed E-state index contributed by atoms with van der Waals surface area (Å²) in [6.07, 6.45) is 6.13. The minimum atomic E-state index is -1.87. The van der Waals surface area contributed by atoms with E-state index in [2.05, 4.69) is 43.3 Å². The average molecular weight is 817 g/mol. The van der Waals surface area contributed by atoms with Gasteiger partial charge >= 0.3 is 5.97 Å². The van der Waals surface area contributed by atoms with Crippen molar-refractivity contribution in [3.8, 4) is 5.75 Å². The number of aliphatic hydroxyl groups excluding tert-OH is 1. The van der Waals surface area contributed by atoms with Gasteiger partial charge in [0.25, 0.3) is 0 Å². The maximum atomic E-state index is 13.5. The number of aryl methyl sites for hydroxylation is 2. The first-order valence-electron chi connectivity index (χ1n) is 19.1. The van der Waals surface area contributed by atoms with E-state index in [0.29, 0.717) is 49.7 Å². The summed E-state index contributed by atoms with van der Waals surface area (Å²) in [5.74, 6) is -0.684. The zero-order chi connectivity index (χ0) is 39.0. The highest BCUT2D eigenvalue weighted by Crippen LogP contribution is 2.40. The van der Waals surface area contributed by atoms with Gasteiger partial charge in [-0.3, -0.25) is 4.79 Å². The number of hydrogen-bond donors (Lipinski definition) is 5. The van der Waals surface area contributed by atoms with E-state index in [0.717, 1.165) is 81.1 Å². The molecule has 4 heterocycles. The highest BCUT2D eigenvalue weighted by Gasteiger charge is 2.45. The molecule has 2 aliphatic carbocycles. The Labute approximate surface area is 336 Å². The van der Waals surface area contributed by atoms with E-state index in [1.807, 2.05) is 11.4 Å². The second-order valence-electron chi connectivity index (χ2n) is 14.9. The molecule has 0 aliphatic heterocycles. The molecular formula is C41H45ClN6O6S2. The van der Waals surface area contributed by atoms with Crippen molar-refractivity contribution in [2.24, 2.45) is 0 Å². The van der Waals surface area contributed by atoms with E-state index in [1.54, 1.807) is 30.3 Å². The molecule has 2 aliphatic rings. The number of ether oxygens (including phenoxy) is 1. The van der Waals surface area contributed by atoms with Crippen LogP contribution in [0.4, 0.5) is 0 Å². The molecule has 0 spiro atoms. The lowest BCUT2D eigenvalue weighted by Gasteiger charge is -2.35. The first-order chi connectivity index (χ1) is 27.1. The highest BCUT2D eigenvalue weighted by atomic mass is 35.5. The van der Waals surface area contributed by atoms with Gasteiger partial charge in [-0.25, -0.2) is 9.48 Å². The van der Waals surface area contributed by atoms with Crippen LogP contribution in [0.15, 0.2) is 64.8 Å². The molecular weight excluding hydrogens is 772 g/mol. The number of fused-ring (bicyclic) bond motifs is 4. The van der Waals surface area contributed by atoms with E-state index >= 15 is 0 Å². The molecule has 294 valence electrons. The molecule has 4 aromatic heterocycles. The van der Waals surface area contributed by atoms with Gasteiger partial charge in [-0.05, 0) is 129 Å². The SMILES string of the molecule is CN(CCCn1nnc2cc(CNC[C@H](O)c3ccc(O)c4[nH]c(=O)ccc34)c3c(c21)CCC3)[C@H]1CC[C@H](OC(=O)[C@](O)(c2cccs2)c2ccc(Cl)s2)CC1. The summed E-state index contributed by atoms with van der Waals surface area (Å²) >= 11 is 8.68. The maximum absolute atomic E-state index is 13.5. The van der Waals surface area contributed by atoms with Crippen LogP contribution < -0.4 is 10.9 Å². The summed E-state index contributed by atoms with van der Waals surface area (Å²) in [6.45, 7) is 2.51. The molecule has 1 saturated carbocycles. The molecule has 1 fully saturated rings. The number of aromatic amines is 1. The molecule has 0 saturated heterocycles. The summed E-state index contributed by atoms with van der Waals surface area (Å²) in [6, 6.07) is 15.6. The molecule has 0 bridgehead atoms. The van der Waals surface area contributed by atoms with Crippen molar-refractivity contribution in [3.63, 3.8) is 0 Å². The number of phenolic OH excluding ortho intramolecular Hbond substituents is 1. The van der Waals surface area contributed by atoms with Crippen LogP contribution in [0.25, 0.3) is 21.9 Å². The first-order valence-corrected chi connectivity index (χ1v) is 21.2. The third-order valence-electron chi connectivity index (χ3n) is 11.4. The number of carbonyl (C=O) groups excluding carboxylic acids is 1. The minimum Gasteiger partial charge on any atom is -0.506 e. The van der Waals surface area contributed by atoms with Gasteiger partial charge in [0.05, 0.1) is 31.2 Å². The number of carbonyl (C=O) groups is 1. The number of nitrogens with one attached hydrogen (secondary N) is 2. The largest absolute Gasteiger partial charge is 0.506 e. The topological polar surface area (TPSA) is 166 Å². The number of H-pyrrole nitrogens is 1. The van der Waals surface area contributed by atoms with Crippen molar-refractivity contribution in [2.75, 3.05) is 20.1 Å². The van der Waals surface area contributed by atoms with E-state index in [-0.39, 0.29) is 17.4 Å². The second kappa shape index (κ2) is 16.4. The Balaban J connectivity index is 0.843. The van der Waals surface area contributed by atoms with Crippen LogP contribution in [0, 0.1) is 0 Å². The van der Waals surface area contributed by atoms with Crippen LogP contribution in [0.5, 0.6) is 5.75 Å². The smallest absolute Gasteiger partial charge is 0.349 e. The molecule has 0 radical (unpaired) electrons. The van der Waals surface area contributed by atoms with Crippen LogP contribution in [0.1, 0.15) is 76.6 Å². The average Bonchev–Trinajstić information content (AvgIpc) is 4.03. The summed E-state index contributed by atoms with van der Waals surface area (Å²) in [5.41, 5.74) is 4.56. The number of nitrogens with zero attached hydrogens (tertiary/aromatic N) is 4. The molecule has 15 heteroatoms. The van der Waals surface area contributed by atoms with E-state index in [1.165, 1.54) is 45.9 Å². The summed E-state index contributed by atoms with van der Waals surface area (Å²) in [4.78, 5) is 31.4. The van der Waals surface area contributed by atoms with Crippen molar-refractivity contribution >= 4 is 62.2 Å². The normalized spacial score (nSPS) is 18.7. The van der Waals surface area contributed by atoms with Gasteiger partial charge in [0.15, 0.2) is 0 Å². The van der Waals surface area contributed by atoms with Crippen LogP contribution >= 0.6 is 34.3 Å². The summed E-state index contributed by atoms with van der Waals surface area (Å²) in [7, 11) is 2.16. The van der Waals surface area contributed by atoms with Gasteiger partial charge in [-0.1, -0.05) is 28.9 Å². The van der Waals surface area contributed by atoms with Crippen molar-refractivity contribution in [1.29, 1.82) is 0 Å². The number of rotatable bonds is 14. The van der Waals surface area contributed by atoms with Gasteiger partial charge in [-0.2, -0.15) is 0 Å². The number of pyridine rings is 1. The number of benzene rings is 2. The first kappa shape index (κ1) is 38.7. The Bertz CT molecular complexity index is 2400. The third kappa shape index (κ3) is 7.63. The summed E-state index contributed by atoms with van der Waals surface area (Å²) in [5, 5.41) is 48.0. The van der Waals surface area contributed by atoms with Crippen LogP contribution in [-0.2, 0) is 41.1 Å². The van der Waals surface area contributed by atoms with Crippen LogP contribution in [-0.4, -0.2) is 78.4 Å². The number of aromatic nitrogens is 4. The van der Waals surface area contributed by atoms with E-state index in [4.69, 9.17) is 16.3 Å². The monoisotopic (exact) mass is 816 g/mol. The molecule has 2 atom stereocenters. The van der Waals surface area contributed by atoms with Crippen molar-refractivity contribution < 1.29 is 24.9 Å². The molecule has 56 heavy (non-hydrogen) atoms. The summed E-state index contributed by atoms with van der Waals surface area (Å²) < 4.78 is 8.53. The van der Waals surface area contributed by atoms with E-state index < -0.39 is 17.7 Å². The zero-order valence-corrected chi connectivity index (χ0v) is 33.4. The fraction of sp³-hybridized carbons (Fsp3) is 0.415. The van der Waals surface area contributed by atoms with Gasteiger partial charge in [-0.15, -0.1) is 27.8 Å². The quantitative estimate of drug-likeness (QED) is 0.0802. The molecule has 0 amide bonds. The predicted molar refractivity (Wildman–Crippen MR) is 218 cm³/mol. The van der Waals surface area contributed by atoms with Crippen molar-refractivity contribution in [1.82, 2.24) is 30.2 Å². The Morgan fingerprint density at radius 3 is 2.71 bits per heavy atom. The molecule has 5 N–H and O–H groups in total. The lowest BCUT2D eigenvalue weighted by molar-refractivity contribution is -0.169. The fourth-order valence-corrected chi connectivity index (χ4v) is 10.5. The van der Waals surface area contributed by atoms with Crippen molar-refractivity contribution in [3.05, 3.63) is 107 Å². The Hall–Kier alpha value is -4.15. The van der Waals surface area contributed by atoms with Crippen LogP contribution in [0.3, 0.4) is 0 Å². The molecule has 8 rings (SSSR count). The number of aromatic hydroxyl groups is 1. The number of phenols is 1. The third-order valence-corrected chi connectivity index (χ3v) is 13.7. The molecule has 6 aromatic rings. The maximum Gasteiger partial charge on any atom is 0.349 e. The predicted octanol–water partition coefficient (Wildman–Crippen LogP) is 6.18. The lowest BCUT2D eigenvalue weighted by atomic mass is 9.91. The Kier molecular flexibility index (Phi) is 11.3. The second-order valence-corrected chi connectivity index (χ2v) is 17.6. The standard InChI is InChI=1S/C41H45ClN6O6S2/c1-47(25-8-10-26(11-9-25)54-40(52)41(53,34-7-3-20-55-34)35-15-16-36(42)56-35)18-4-19-48-39-30-6-2-5-27(30)24(21-31(39)45-46-48)22-43-23-33(50)28-12-14-32(49)38-29(28)13-17-37(51)44-38/h3,7,12-17,20-21,25-26,33,43,49-50,53H,2,4-6,8-11,18-19,22-23H2,1H3,(H,44,51)/t25-,26-,33-,41-/m0/s1. The van der Waals surface area contributed by atoms with Gasteiger partial charge in [0.2, 0.25) is 11.2 Å². The Morgan fingerprint density at radius 1 is 1.12 bits per heavy atom. The van der Waals surface area contributed by atoms with Gasteiger partial charge in [0.1, 0.15) is 17.4 Å². The molecule has 2 aromatic carbocycles. The zero-order valence-electron chi connectivity index (χ0n) is 31.0. The van der Waals surface area contributed by atoms with E-state index in [9.17, 15) is 24.9 Å². The van der Waals surface area contributed by atoms with Crippen LogP contribution in [0.2, 0.25) is 4.34 Å². The number of aliphatic hydroxyl groups is 2. The van der Waals surface area contributed by atoms with Gasteiger partial charge < -0.3 is 35.3 Å². The highest BCUT2D eigenvalue weighted by molar-refractivity contribution is 7.16. The Morgan fingerprint density at radius 2 is 1.95 bits per heavy atom. The van der Waals surface area contributed by atoms with Crippen molar-refractivity contribution in [2.45, 2.75) is 88.3 Å². The number of hydrogen-bond acceptors (Lipinski definition) is 12. The number of thiophene rings is 2. The van der Waals surface area contributed by atoms with Gasteiger partial charge in [0, 0.05) is 37.1 Å². The number of esters is 1. The minimum absolute atomic E-state index is 0.0343.